The van der Waals surface area contributed by atoms with E-state index in [9.17, 15) is 4.79 Å². The van der Waals surface area contributed by atoms with Crippen LogP contribution in [0, 0.1) is 6.92 Å². The van der Waals surface area contributed by atoms with E-state index in [0.717, 1.165) is 28.0 Å². The molecule has 0 spiro atoms. The van der Waals surface area contributed by atoms with Crippen LogP contribution in [-0.4, -0.2) is 20.7 Å². The molecule has 0 saturated heterocycles. The van der Waals surface area contributed by atoms with Gasteiger partial charge in [-0.05, 0) is 36.6 Å². The molecule has 0 radical (unpaired) electrons. The Kier molecular flexibility index (Phi) is 7.02. The Morgan fingerprint density at radius 1 is 0.906 bits per heavy atom. The van der Waals surface area contributed by atoms with Gasteiger partial charge in [-0.3, -0.25) is 9.36 Å². The highest BCUT2D eigenvalue weighted by Crippen LogP contribution is 2.29. The Balaban J connectivity index is 1.72. The smallest absolute Gasteiger partial charge is 0.217 e. The number of carbonyl (C=O) groups excluding carboxylic acids is 1. The molecule has 1 unspecified atom stereocenters. The molecule has 0 aliphatic carbocycles. The van der Waals surface area contributed by atoms with Crippen LogP contribution in [0.3, 0.4) is 0 Å². The maximum Gasteiger partial charge on any atom is 0.217 e. The fourth-order valence-electron chi connectivity index (χ4n) is 3.56. The maximum atomic E-state index is 12.1. The summed E-state index contributed by atoms with van der Waals surface area (Å²) in [4.78, 5) is 12.1. The molecule has 0 aliphatic rings. The summed E-state index contributed by atoms with van der Waals surface area (Å²) in [5.41, 5.74) is 4.52. The van der Waals surface area contributed by atoms with Gasteiger partial charge in [-0.1, -0.05) is 90.1 Å². The number of carbonyl (C=O) groups is 1. The second-order valence-electron chi connectivity index (χ2n) is 7.73. The topological polar surface area (TPSA) is 59.8 Å². The van der Waals surface area contributed by atoms with Crippen molar-refractivity contribution < 1.29 is 4.79 Å². The van der Waals surface area contributed by atoms with Gasteiger partial charge in [-0.2, -0.15) is 0 Å². The molecule has 5 nitrogen and oxygen atoms in total. The van der Waals surface area contributed by atoms with Crippen LogP contribution in [0.2, 0.25) is 0 Å². The number of rotatable bonds is 8. The molecule has 4 aromatic rings. The second kappa shape index (κ2) is 10.3. The van der Waals surface area contributed by atoms with E-state index in [1.165, 1.54) is 18.1 Å². The molecule has 162 valence electrons. The van der Waals surface area contributed by atoms with Gasteiger partial charge in [0.2, 0.25) is 5.91 Å². The molecular weight excluding hydrogens is 416 g/mol. The molecule has 1 N–H and O–H groups in total. The van der Waals surface area contributed by atoms with Crippen molar-refractivity contribution in [2.24, 2.45) is 0 Å². The summed E-state index contributed by atoms with van der Waals surface area (Å²) in [6.07, 6.45) is 0.633. The van der Waals surface area contributed by atoms with E-state index in [-0.39, 0.29) is 11.9 Å². The highest BCUT2D eigenvalue weighted by Gasteiger charge is 2.24. The SMILES string of the molecule is CC(=O)NC(Cc1ccccc1)c1nnc(SCc2ccccc2)n1-c1ccc(C)cc1. The van der Waals surface area contributed by atoms with Crippen molar-refractivity contribution in [3.8, 4) is 5.69 Å². The van der Waals surface area contributed by atoms with Crippen molar-refractivity contribution in [3.05, 3.63) is 107 Å². The van der Waals surface area contributed by atoms with Crippen LogP contribution in [0.25, 0.3) is 5.69 Å². The standard InChI is InChI=1S/C26H26N4OS/c1-19-13-15-23(16-14-19)30-25(24(27-20(2)31)17-21-9-5-3-6-10-21)28-29-26(30)32-18-22-11-7-4-8-12-22/h3-16,24H,17-18H2,1-2H3,(H,27,31). The molecule has 0 bridgehead atoms. The number of aromatic nitrogens is 3. The normalized spacial score (nSPS) is 11.8. The molecule has 0 saturated carbocycles. The minimum Gasteiger partial charge on any atom is -0.346 e. The molecule has 1 aromatic heterocycles. The number of hydrogen-bond donors (Lipinski definition) is 1. The Bertz CT molecular complexity index is 1160. The summed E-state index contributed by atoms with van der Waals surface area (Å²) < 4.78 is 2.07. The summed E-state index contributed by atoms with van der Waals surface area (Å²) in [5, 5.41) is 13.0. The minimum absolute atomic E-state index is 0.0946. The van der Waals surface area contributed by atoms with E-state index in [1.807, 2.05) is 36.4 Å². The van der Waals surface area contributed by atoms with Crippen molar-refractivity contribution in [2.45, 2.75) is 37.2 Å². The van der Waals surface area contributed by atoms with Gasteiger partial charge in [0.15, 0.2) is 11.0 Å². The van der Waals surface area contributed by atoms with Crippen molar-refractivity contribution in [2.75, 3.05) is 0 Å². The molecular formula is C26H26N4OS. The van der Waals surface area contributed by atoms with E-state index in [1.54, 1.807) is 11.8 Å². The monoisotopic (exact) mass is 442 g/mol. The third-order valence-corrected chi connectivity index (χ3v) is 6.13. The van der Waals surface area contributed by atoms with Gasteiger partial charge < -0.3 is 5.32 Å². The van der Waals surface area contributed by atoms with Gasteiger partial charge in [0.1, 0.15) is 0 Å². The summed E-state index contributed by atoms with van der Waals surface area (Å²) in [5.74, 6) is 1.42. The van der Waals surface area contributed by atoms with Gasteiger partial charge in [-0.25, -0.2) is 0 Å². The lowest BCUT2D eigenvalue weighted by molar-refractivity contribution is -0.119. The highest BCUT2D eigenvalue weighted by molar-refractivity contribution is 7.98. The molecule has 4 rings (SSSR count). The number of nitrogens with zero attached hydrogens (tertiary/aromatic N) is 3. The van der Waals surface area contributed by atoms with Crippen LogP contribution < -0.4 is 5.32 Å². The minimum atomic E-state index is -0.297. The largest absolute Gasteiger partial charge is 0.346 e. The van der Waals surface area contributed by atoms with Crippen LogP contribution in [0.5, 0.6) is 0 Å². The molecule has 32 heavy (non-hydrogen) atoms. The van der Waals surface area contributed by atoms with Crippen LogP contribution >= 0.6 is 11.8 Å². The van der Waals surface area contributed by atoms with Crippen LogP contribution in [-0.2, 0) is 17.0 Å². The Morgan fingerprint density at radius 2 is 1.53 bits per heavy atom. The molecule has 1 amide bonds. The van der Waals surface area contributed by atoms with E-state index >= 15 is 0 Å². The first-order valence-corrected chi connectivity index (χ1v) is 11.6. The average molecular weight is 443 g/mol. The molecule has 0 aliphatic heterocycles. The number of thioether (sulfide) groups is 1. The summed E-state index contributed by atoms with van der Waals surface area (Å²) in [6, 6.07) is 28.4. The van der Waals surface area contributed by atoms with Crippen LogP contribution in [0.4, 0.5) is 0 Å². The quantitative estimate of drug-likeness (QED) is 0.377. The highest BCUT2D eigenvalue weighted by atomic mass is 32.2. The van der Waals surface area contributed by atoms with E-state index in [4.69, 9.17) is 0 Å². The third-order valence-electron chi connectivity index (χ3n) is 5.13. The average Bonchev–Trinajstić information content (AvgIpc) is 3.23. The van der Waals surface area contributed by atoms with E-state index in [2.05, 4.69) is 75.5 Å². The molecule has 1 atom stereocenters. The van der Waals surface area contributed by atoms with Crippen molar-refractivity contribution >= 4 is 17.7 Å². The number of aryl methyl sites for hydroxylation is 1. The number of nitrogens with one attached hydrogen (secondary N) is 1. The number of hydrogen-bond acceptors (Lipinski definition) is 4. The summed E-state index contributed by atoms with van der Waals surface area (Å²) >= 11 is 1.64. The van der Waals surface area contributed by atoms with E-state index in [0.29, 0.717) is 6.42 Å². The van der Waals surface area contributed by atoms with Gasteiger partial charge >= 0.3 is 0 Å². The predicted molar refractivity (Wildman–Crippen MR) is 129 cm³/mol. The number of amides is 1. The molecule has 0 fully saturated rings. The van der Waals surface area contributed by atoms with Gasteiger partial charge in [0.05, 0.1) is 6.04 Å². The third kappa shape index (κ3) is 5.45. The zero-order valence-electron chi connectivity index (χ0n) is 18.2. The van der Waals surface area contributed by atoms with Crippen LogP contribution in [0.1, 0.15) is 35.5 Å². The predicted octanol–water partition coefficient (Wildman–Crippen LogP) is 5.29. The number of benzene rings is 3. The zero-order chi connectivity index (χ0) is 22.3. The first-order chi connectivity index (χ1) is 15.6. The molecule has 3 aromatic carbocycles. The van der Waals surface area contributed by atoms with Gasteiger partial charge in [-0.15, -0.1) is 10.2 Å². The Labute approximate surface area is 192 Å². The lowest BCUT2D eigenvalue weighted by Gasteiger charge is -2.19. The zero-order valence-corrected chi connectivity index (χ0v) is 19.0. The summed E-state index contributed by atoms with van der Waals surface area (Å²) in [7, 11) is 0. The summed E-state index contributed by atoms with van der Waals surface area (Å²) in [6.45, 7) is 3.60. The Morgan fingerprint density at radius 3 is 2.16 bits per heavy atom. The fraction of sp³-hybridized carbons (Fsp3) is 0.192. The lowest BCUT2D eigenvalue weighted by atomic mass is 10.0. The second-order valence-corrected chi connectivity index (χ2v) is 8.67. The fourth-order valence-corrected chi connectivity index (χ4v) is 4.48. The maximum absolute atomic E-state index is 12.1. The van der Waals surface area contributed by atoms with Gasteiger partial charge in [0.25, 0.3) is 0 Å². The lowest BCUT2D eigenvalue weighted by Crippen LogP contribution is -2.30. The molecule has 6 heteroatoms. The van der Waals surface area contributed by atoms with Crippen molar-refractivity contribution in [3.63, 3.8) is 0 Å². The van der Waals surface area contributed by atoms with Crippen LogP contribution in [0.15, 0.2) is 90.1 Å². The van der Waals surface area contributed by atoms with E-state index < -0.39 is 0 Å². The van der Waals surface area contributed by atoms with Crippen molar-refractivity contribution in [1.82, 2.24) is 20.1 Å². The first-order valence-electron chi connectivity index (χ1n) is 10.6. The Hall–Kier alpha value is -3.38. The molecule has 1 heterocycles. The first kappa shape index (κ1) is 21.8. The van der Waals surface area contributed by atoms with Gasteiger partial charge in [0, 0.05) is 18.4 Å². The van der Waals surface area contributed by atoms with Crippen molar-refractivity contribution in [1.29, 1.82) is 0 Å².